The predicted molar refractivity (Wildman–Crippen MR) is 89.6 cm³/mol. The van der Waals surface area contributed by atoms with Gasteiger partial charge >= 0.3 is 0 Å². The van der Waals surface area contributed by atoms with Crippen molar-refractivity contribution in [2.75, 3.05) is 32.1 Å². The molecule has 1 aromatic rings. The van der Waals surface area contributed by atoms with Crippen LogP contribution in [0.2, 0.25) is 0 Å². The highest BCUT2D eigenvalue weighted by Gasteiger charge is 2.15. The highest BCUT2D eigenvalue weighted by Crippen LogP contribution is 2.21. The standard InChI is InChI=1S/C17H29N3O/c1-6-11-20(13-17(21)19(4)5)16-10-8-7-9-15(16)12-18-14(2)3/h7-10,14,18H,6,11-13H2,1-5H3. The zero-order chi connectivity index (χ0) is 15.8. The second kappa shape index (κ2) is 8.67. The zero-order valence-corrected chi connectivity index (χ0v) is 14.0. The molecule has 4 nitrogen and oxygen atoms in total. The van der Waals surface area contributed by atoms with Crippen molar-refractivity contribution in [1.29, 1.82) is 0 Å². The van der Waals surface area contributed by atoms with Crippen LogP contribution in [0.3, 0.4) is 0 Å². The Labute approximate surface area is 129 Å². The van der Waals surface area contributed by atoms with Gasteiger partial charge in [0.2, 0.25) is 5.91 Å². The third-order valence-electron chi connectivity index (χ3n) is 3.35. The number of carbonyl (C=O) groups excluding carboxylic acids is 1. The van der Waals surface area contributed by atoms with Crippen LogP contribution in [0, 0.1) is 0 Å². The van der Waals surface area contributed by atoms with Gasteiger partial charge in [-0.15, -0.1) is 0 Å². The molecule has 0 fully saturated rings. The Morgan fingerprint density at radius 3 is 2.48 bits per heavy atom. The number of para-hydroxylation sites is 1. The molecule has 21 heavy (non-hydrogen) atoms. The Balaban J connectivity index is 2.93. The van der Waals surface area contributed by atoms with E-state index in [0.29, 0.717) is 12.6 Å². The molecule has 0 aliphatic rings. The molecule has 1 N–H and O–H groups in total. The molecule has 1 amide bonds. The topological polar surface area (TPSA) is 35.6 Å². The first-order chi connectivity index (χ1) is 9.95. The van der Waals surface area contributed by atoms with E-state index in [0.717, 1.165) is 25.2 Å². The van der Waals surface area contributed by atoms with E-state index in [4.69, 9.17) is 0 Å². The lowest BCUT2D eigenvalue weighted by Crippen LogP contribution is -2.38. The van der Waals surface area contributed by atoms with Gasteiger partial charge in [0, 0.05) is 38.9 Å². The molecular weight excluding hydrogens is 262 g/mol. The third kappa shape index (κ3) is 5.76. The first-order valence-electron chi connectivity index (χ1n) is 7.72. The van der Waals surface area contributed by atoms with E-state index < -0.39 is 0 Å². The molecule has 1 aromatic carbocycles. The predicted octanol–water partition coefficient (Wildman–Crippen LogP) is 2.49. The molecule has 0 saturated heterocycles. The summed E-state index contributed by atoms with van der Waals surface area (Å²) in [6.07, 6.45) is 1.02. The summed E-state index contributed by atoms with van der Waals surface area (Å²) in [7, 11) is 3.61. The Hall–Kier alpha value is -1.55. The molecule has 0 bridgehead atoms. The van der Waals surface area contributed by atoms with E-state index >= 15 is 0 Å². The smallest absolute Gasteiger partial charge is 0.241 e. The molecule has 0 atom stereocenters. The van der Waals surface area contributed by atoms with Crippen molar-refractivity contribution < 1.29 is 4.79 Å². The number of hydrogen-bond acceptors (Lipinski definition) is 3. The summed E-state index contributed by atoms with van der Waals surface area (Å²) < 4.78 is 0. The fourth-order valence-electron chi connectivity index (χ4n) is 2.14. The molecule has 0 aliphatic carbocycles. The molecule has 0 aromatic heterocycles. The van der Waals surface area contributed by atoms with Crippen LogP contribution < -0.4 is 10.2 Å². The normalized spacial score (nSPS) is 10.8. The van der Waals surface area contributed by atoms with E-state index in [1.54, 1.807) is 19.0 Å². The fourth-order valence-corrected chi connectivity index (χ4v) is 2.14. The van der Waals surface area contributed by atoms with Gasteiger partial charge in [-0.25, -0.2) is 0 Å². The summed E-state index contributed by atoms with van der Waals surface area (Å²) in [6, 6.07) is 8.78. The summed E-state index contributed by atoms with van der Waals surface area (Å²) in [5, 5.41) is 3.45. The molecule has 0 heterocycles. The zero-order valence-electron chi connectivity index (χ0n) is 14.0. The highest BCUT2D eigenvalue weighted by molar-refractivity contribution is 5.81. The van der Waals surface area contributed by atoms with Crippen LogP contribution in [-0.4, -0.2) is 44.0 Å². The Morgan fingerprint density at radius 2 is 1.90 bits per heavy atom. The van der Waals surface area contributed by atoms with Crippen LogP contribution in [0.4, 0.5) is 5.69 Å². The summed E-state index contributed by atoms with van der Waals surface area (Å²) in [6.45, 7) is 8.56. The largest absolute Gasteiger partial charge is 0.362 e. The van der Waals surface area contributed by atoms with Crippen LogP contribution in [0.15, 0.2) is 24.3 Å². The van der Waals surface area contributed by atoms with E-state index in [1.165, 1.54) is 5.56 Å². The van der Waals surface area contributed by atoms with E-state index in [-0.39, 0.29) is 5.91 Å². The van der Waals surface area contributed by atoms with Crippen LogP contribution in [0.1, 0.15) is 32.8 Å². The lowest BCUT2D eigenvalue weighted by Gasteiger charge is -2.27. The van der Waals surface area contributed by atoms with Gasteiger partial charge in [-0.1, -0.05) is 39.0 Å². The lowest BCUT2D eigenvalue weighted by molar-refractivity contribution is -0.127. The van der Waals surface area contributed by atoms with Crippen LogP contribution in [0.25, 0.3) is 0 Å². The fraction of sp³-hybridized carbons (Fsp3) is 0.588. The summed E-state index contributed by atoms with van der Waals surface area (Å²) in [4.78, 5) is 15.9. The van der Waals surface area contributed by atoms with Crippen molar-refractivity contribution in [3.8, 4) is 0 Å². The molecule has 4 heteroatoms. The maximum Gasteiger partial charge on any atom is 0.241 e. The highest BCUT2D eigenvalue weighted by atomic mass is 16.2. The minimum atomic E-state index is 0.134. The number of carbonyl (C=O) groups is 1. The molecule has 0 aliphatic heterocycles. The Morgan fingerprint density at radius 1 is 1.24 bits per heavy atom. The molecule has 0 unspecified atom stereocenters. The second-order valence-corrected chi connectivity index (χ2v) is 5.87. The number of nitrogens with zero attached hydrogens (tertiary/aromatic N) is 2. The number of amides is 1. The molecule has 118 valence electrons. The average molecular weight is 291 g/mol. The van der Waals surface area contributed by atoms with Gasteiger partial charge in [0.05, 0.1) is 6.54 Å². The maximum absolute atomic E-state index is 12.0. The van der Waals surface area contributed by atoms with Gasteiger partial charge < -0.3 is 15.1 Å². The number of nitrogens with one attached hydrogen (secondary N) is 1. The average Bonchev–Trinajstić information content (AvgIpc) is 2.44. The second-order valence-electron chi connectivity index (χ2n) is 5.87. The van der Waals surface area contributed by atoms with Gasteiger partial charge in [-0.2, -0.15) is 0 Å². The van der Waals surface area contributed by atoms with Crippen molar-refractivity contribution in [3.63, 3.8) is 0 Å². The number of benzene rings is 1. The van der Waals surface area contributed by atoms with Gasteiger partial charge in [0.25, 0.3) is 0 Å². The Kier molecular flexibility index (Phi) is 7.23. The van der Waals surface area contributed by atoms with Gasteiger partial charge in [-0.3, -0.25) is 4.79 Å². The molecular formula is C17H29N3O. The third-order valence-corrected chi connectivity index (χ3v) is 3.35. The molecule has 0 spiro atoms. The van der Waals surface area contributed by atoms with E-state index in [2.05, 4.69) is 49.2 Å². The number of anilines is 1. The quantitative estimate of drug-likeness (QED) is 0.799. The summed E-state index contributed by atoms with van der Waals surface area (Å²) in [5.74, 6) is 0.134. The van der Waals surface area contributed by atoms with E-state index in [1.807, 2.05) is 6.07 Å². The van der Waals surface area contributed by atoms with Crippen LogP contribution >= 0.6 is 0 Å². The molecule has 1 rings (SSSR count). The van der Waals surface area contributed by atoms with Crippen LogP contribution in [-0.2, 0) is 11.3 Å². The van der Waals surface area contributed by atoms with Crippen molar-refractivity contribution in [2.45, 2.75) is 39.8 Å². The minimum absolute atomic E-state index is 0.134. The van der Waals surface area contributed by atoms with Gasteiger partial charge in [-0.05, 0) is 18.1 Å². The van der Waals surface area contributed by atoms with Crippen LogP contribution in [0.5, 0.6) is 0 Å². The first-order valence-corrected chi connectivity index (χ1v) is 7.72. The van der Waals surface area contributed by atoms with Crippen molar-refractivity contribution in [3.05, 3.63) is 29.8 Å². The summed E-state index contributed by atoms with van der Waals surface area (Å²) in [5.41, 5.74) is 2.40. The van der Waals surface area contributed by atoms with E-state index in [9.17, 15) is 4.79 Å². The minimum Gasteiger partial charge on any atom is -0.362 e. The first kappa shape index (κ1) is 17.5. The number of rotatable bonds is 8. The molecule has 0 radical (unpaired) electrons. The monoisotopic (exact) mass is 291 g/mol. The SMILES string of the molecule is CCCN(CC(=O)N(C)C)c1ccccc1CNC(C)C. The Bertz CT molecular complexity index is 443. The van der Waals surface area contributed by atoms with Crippen molar-refractivity contribution in [1.82, 2.24) is 10.2 Å². The molecule has 0 saturated carbocycles. The summed E-state index contributed by atoms with van der Waals surface area (Å²) >= 11 is 0. The van der Waals surface area contributed by atoms with Gasteiger partial charge in [0.15, 0.2) is 0 Å². The maximum atomic E-state index is 12.0. The van der Waals surface area contributed by atoms with Crippen molar-refractivity contribution >= 4 is 11.6 Å². The number of likely N-dealkylation sites (N-methyl/N-ethyl adjacent to an activating group) is 1. The lowest BCUT2D eigenvalue weighted by atomic mass is 10.1. The van der Waals surface area contributed by atoms with Gasteiger partial charge in [0.1, 0.15) is 0 Å². The number of hydrogen-bond donors (Lipinski definition) is 1. The van der Waals surface area contributed by atoms with Crippen molar-refractivity contribution in [2.24, 2.45) is 0 Å².